The summed E-state index contributed by atoms with van der Waals surface area (Å²) in [5.41, 5.74) is 0.271. The molecular weight excluding hydrogens is 258 g/mol. The average Bonchev–Trinajstić information content (AvgIpc) is 2.43. The summed E-state index contributed by atoms with van der Waals surface area (Å²) in [6.45, 7) is 7.33. The number of rotatable bonds is 5. The Kier molecular flexibility index (Phi) is 4.98. The van der Waals surface area contributed by atoms with Crippen molar-refractivity contribution in [3.8, 4) is 5.75 Å². The molecule has 2 rings (SSSR count). The topological polar surface area (TPSA) is 59.0 Å². The molecule has 1 aromatic rings. The van der Waals surface area contributed by atoms with Crippen LogP contribution in [0.15, 0.2) is 24.3 Å². The van der Waals surface area contributed by atoms with Crippen LogP contribution in [0.1, 0.15) is 24.2 Å². The number of carboxylic acid groups (broad SMARTS) is 1. The number of hydrogen-bond donors (Lipinski definition) is 1. The molecular formula is C15H21NO4. The Morgan fingerprint density at radius 1 is 1.40 bits per heavy atom. The molecule has 1 N–H and O–H groups in total. The highest BCUT2D eigenvalue weighted by atomic mass is 16.5. The fourth-order valence-corrected chi connectivity index (χ4v) is 2.26. The maximum absolute atomic E-state index is 10.7. The second-order valence-electron chi connectivity index (χ2n) is 5.17. The second-order valence-corrected chi connectivity index (χ2v) is 5.17. The van der Waals surface area contributed by atoms with E-state index in [1.54, 1.807) is 24.3 Å². The number of benzene rings is 1. The lowest BCUT2D eigenvalue weighted by atomic mass is 10.2. The van der Waals surface area contributed by atoms with E-state index in [1.165, 1.54) is 0 Å². The van der Waals surface area contributed by atoms with Gasteiger partial charge in [0.05, 0.1) is 18.3 Å². The van der Waals surface area contributed by atoms with Gasteiger partial charge in [-0.25, -0.2) is 4.79 Å². The van der Waals surface area contributed by atoms with E-state index in [9.17, 15) is 4.79 Å². The van der Waals surface area contributed by atoms with Gasteiger partial charge in [-0.3, -0.25) is 4.90 Å². The molecule has 5 heteroatoms. The van der Waals surface area contributed by atoms with Crippen molar-refractivity contribution in [3.63, 3.8) is 0 Å². The fraction of sp³-hybridized carbons (Fsp3) is 0.533. The maximum Gasteiger partial charge on any atom is 0.335 e. The molecule has 0 saturated carbocycles. The number of hydrogen-bond acceptors (Lipinski definition) is 4. The van der Waals surface area contributed by atoms with Crippen LogP contribution >= 0.6 is 0 Å². The van der Waals surface area contributed by atoms with Crippen LogP contribution in [0.4, 0.5) is 0 Å². The van der Waals surface area contributed by atoms with Gasteiger partial charge in [-0.2, -0.15) is 0 Å². The second kappa shape index (κ2) is 6.72. The van der Waals surface area contributed by atoms with Gasteiger partial charge >= 0.3 is 5.97 Å². The van der Waals surface area contributed by atoms with Crippen LogP contribution in [-0.2, 0) is 4.74 Å². The molecule has 0 amide bonds. The molecule has 5 nitrogen and oxygen atoms in total. The minimum Gasteiger partial charge on any atom is -0.492 e. The molecule has 2 atom stereocenters. The smallest absolute Gasteiger partial charge is 0.335 e. The van der Waals surface area contributed by atoms with Crippen LogP contribution < -0.4 is 4.74 Å². The predicted octanol–water partition coefficient (Wildman–Crippen LogP) is 1.87. The molecule has 1 heterocycles. The van der Waals surface area contributed by atoms with Crippen molar-refractivity contribution in [3.05, 3.63) is 29.8 Å². The highest BCUT2D eigenvalue weighted by Crippen LogP contribution is 2.14. The van der Waals surface area contributed by atoms with Gasteiger partial charge in [0.15, 0.2) is 0 Å². The Labute approximate surface area is 119 Å². The molecule has 20 heavy (non-hydrogen) atoms. The molecule has 1 fully saturated rings. The zero-order chi connectivity index (χ0) is 14.5. The summed E-state index contributed by atoms with van der Waals surface area (Å²) in [7, 11) is 0. The van der Waals surface area contributed by atoms with E-state index in [2.05, 4.69) is 18.7 Å². The van der Waals surface area contributed by atoms with Gasteiger partial charge < -0.3 is 14.6 Å². The molecule has 0 spiro atoms. The number of aromatic carboxylic acids is 1. The summed E-state index contributed by atoms with van der Waals surface area (Å²) in [5, 5.41) is 8.82. The maximum atomic E-state index is 10.7. The summed E-state index contributed by atoms with van der Waals surface area (Å²) in [6.07, 6.45) is 0.265. The zero-order valence-corrected chi connectivity index (χ0v) is 11.9. The van der Waals surface area contributed by atoms with E-state index in [0.717, 1.165) is 19.7 Å². The normalized spacial score (nSPS) is 23.5. The Hall–Kier alpha value is -1.59. The lowest BCUT2D eigenvalue weighted by molar-refractivity contribution is -0.0522. The fourth-order valence-electron chi connectivity index (χ4n) is 2.26. The number of morpholine rings is 1. The van der Waals surface area contributed by atoms with E-state index in [-0.39, 0.29) is 11.7 Å². The van der Waals surface area contributed by atoms with Crippen molar-refractivity contribution in [2.75, 3.05) is 26.3 Å². The van der Waals surface area contributed by atoms with Gasteiger partial charge in [-0.15, -0.1) is 0 Å². The Balaban J connectivity index is 1.79. The lowest BCUT2D eigenvalue weighted by Crippen LogP contribution is -2.48. The van der Waals surface area contributed by atoms with Gasteiger partial charge in [0.2, 0.25) is 0 Å². The minimum atomic E-state index is -0.923. The molecule has 2 unspecified atom stereocenters. The molecule has 0 aliphatic carbocycles. The van der Waals surface area contributed by atoms with Crippen molar-refractivity contribution in [1.29, 1.82) is 0 Å². The highest BCUT2D eigenvalue weighted by molar-refractivity contribution is 5.87. The van der Waals surface area contributed by atoms with Crippen molar-refractivity contribution in [1.82, 2.24) is 4.90 Å². The summed E-state index contributed by atoms with van der Waals surface area (Å²) in [6, 6.07) is 6.89. The van der Waals surface area contributed by atoms with Crippen LogP contribution in [-0.4, -0.2) is 54.4 Å². The third kappa shape index (κ3) is 3.95. The molecule has 0 radical (unpaired) electrons. The monoisotopic (exact) mass is 279 g/mol. The predicted molar refractivity (Wildman–Crippen MR) is 75.3 cm³/mol. The summed E-state index contributed by atoms with van der Waals surface area (Å²) < 4.78 is 11.2. The molecule has 1 aromatic carbocycles. The number of nitrogens with zero attached hydrogens (tertiary/aromatic N) is 1. The first-order valence-corrected chi connectivity index (χ1v) is 6.88. The van der Waals surface area contributed by atoms with Crippen molar-refractivity contribution < 1.29 is 19.4 Å². The highest BCUT2D eigenvalue weighted by Gasteiger charge is 2.22. The molecule has 0 bridgehead atoms. The SMILES string of the molecule is CC1CN(CCOc2ccc(C(=O)O)cc2)C(C)CO1. The van der Waals surface area contributed by atoms with Gasteiger partial charge in [-0.1, -0.05) is 0 Å². The van der Waals surface area contributed by atoms with E-state index in [1.807, 2.05) is 0 Å². The molecule has 1 aliphatic heterocycles. The molecule has 0 aromatic heterocycles. The van der Waals surface area contributed by atoms with Crippen molar-refractivity contribution in [2.45, 2.75) is 26.0 Å². The van der Waals surface area contributed by atoms with Crippen LogP contribution in [0.5, 0.6) is 5.75 Å². The molecule has 1 saturated heterocycles. The third-order valence-electron chi connectivity index (χ3n) is 3.49. The minimum absolute atomic E-state index is 0.265. The van der Waals surface area contributed by atoms with E-state index >= 15 is 0 Å². The van der Waals surface area contributed by atoms with Crippen molar-refractivity contribution in [2.24, 2.45) is 0 Å². The summed E-state index contributed by atoms with van der Waals surface area (Å²) in [5.74, 6) is -0.225. The van der Waals surface area contributed by atoms with Gasteiger partial charge in [0, 0.05) is 19.1 Å². The standard InChI is InChI=1S/C15H21NO4/c1-11-10-20-12(2)9-16(11)7-8-19-14-5-3-13(4-6-14)15(17)18/h3-6,11-12H,7-10H2,1-2H3,(H,17,18). The van der Waals surface area contributed by atoms with Crippen LogP contribution in [0.2, 0.25) is 0 Å². The average molecular weight is 279 g/mol. The first-order valence-electron chi connectivity index (χ1n) is 6.88. The first-order chi connectivity index (χ1) is 9.56. The molecule has 110 valence electrons. The van der Waals surface area contributed by atoms with Gasteiger partial charge in [0.25, 0.3) is 0 Å². The van der Waals surface area contributed by atoms with Crippen LogP contribution in [0, 0.1) is 0 Å². The van der Waals surface area contributed by atoms with Gasteiger partial charge in [0.1, 0.15) is 12.4 Å². The summed E-state index contributed by atoms with van der Waals surface area (Å²) in [4.78, 5) is 13.1. The van der Waals surface area contributed by atoms with E-state index in [4.69, 9.17) is 14.6 Å². The Morgan fingerprint density at radius 3 is 2.75 bits per heavy atom. The number of ether oxygens (including phenoxy) is 2. The largest absolute Gasteiger partial charge is 0.492 e. The Bertz CT molecular complexity index is 446. The lowest BCUT2D eigenvalue weighted by Gasteiger charge is -2.36. The van der Waals surface area contributed by atoms with E-state index in [0.29, 0.717) is 18.4 Å². The van der Waals surface area contributed by atoms with Crippen LogP contribution in [0.25, 0.3) is 0 Å². The van der Waals surface area contributed by atoms with E-state index < -0.39 is 5.97 Å². The Morgan fingerprint density at radius 2 is 2.10 bits per heavy atom. The molecule has 1 aliphatic rings. The number of carboxylic acids is 1. The van der Waals surface area contributed by atoms with Gasteiger partial charge in [-0.05, 0) is 38.1 Å². The first kappa shape index (κ1) is 14.8. The third-order valence-corrected chi connectivity index (χ3v) is 3.49. The van der Waals surface area contributed by atoms with Crippen LogP contribution in [0.3, 0.4) is 0 Å². The quantitative estimate of drug-likeness (QED) is 0.891. The van der Waals surface area contributed by atoms with Crippen molar-refractivity contribution >= 4 is 5.97 Å². The zero-order valence-electron chi connectivity index (χ0n) is 11.9. The summed E-state index contributed by atoms with van der Waals surface area (Å²) >= 11 is 0. The number of carbonyl (C=O) groups is 1.